The lowest BCUT2D eigenvalue weighted by Crippen LogP contribution is -2.32. The van der Waals surface area contributed by atoms with Gasteiger partial charge >= 0.3 is 0 Å². The van der Waals surface area contributed by atoms with Gasteiger partial charge in [-0.2, -0.15) is 5.26 Å². The van der Waals surface area contributed by atoms with Crippen molar-refractivity contribution in [3.8, 4) is 6.07 Å². The van der Waals surface area contributed by atoms with Crippen molar-refractivity contribution in [3.05, 3.63) is 0 Å². The lowest BCUT2D eigenvalue weighted by atomic mass is 10.2. The maximum atomic E-state index is 8.58. The summed E-state index contributed by atoms with van der Waals surface area (Å²) in [5.41, 5.74) is 0. The normalized spacial score (nSPS) is 10.8. The summed E-state index contributed by atoms with van der Waals surface area (Å²) in [7, 11) is 0. The van der Waals surface area contributed by atoms with Gasteiger partial charge < -0.3 is 5.11 Å². The highest BCUT2D eigenvalue weighted by Crippen LogP contribution is 2.02. The minimum atomic E-state index is 0.278. The van der Waals surface area contributed by atoms with E-state index < -0.39 is 0 Å². The van der Waals surface area contributed by atoms with Crippen molar-refractivity contribution in [2.75, 3.05) is 19.7 Å². The summed E-state index contributed by atoms with van der Waals surface area (Å²) in [6, 6.07) is 2.61. The molecule has 0 saturated heterocycles. The third-order valence-corrected chi connectivity index (χ3v) is 2.11. The number of aliphatic hydroxyl groups is 1. The zero-order chi connectivity index (χ0) is 10.1. The number of rotatable bonds is 7. The predicted molar refractivity (Wildman–Crippen MR) is 53.3 cm³/mol. The molecule has 0 aromatic rings. The number of aliphatic hydroxyl groups excluding tert-OH is 1. The second-order valence-electron chi connectivity index (χ2n) is 3.51. The van der Waals surface area contributed by atoms with Crippen LogP contribution in [0.4, 0.5) is 0 Å². The molecule has 0 aromatic heterocycles. The smallest absolute Gasteiger partial charge is 0.0868 e. The zero-order valence-electron chi connectivity index (χ0n) is 8.66. The molecular weight excluding hydrogens is 164 g/mol. The summed E-state index contributed by atoms with van der Waals surface area (Å²) < 4.78 is 0. The van der Waals surface area contributed by atoms with Crippen molar-refractivity contribution in [3.63, 3.8) is 0 Å². The lowest BCUT2D eigenvalue weighted by Gasteiger charge is -2.22. The minimum Gasteiger partial charge on any atom is -0.396 e. The molecule has 0 atom stereocenters. The van der Waals surface area contributed by atoms with E-state index in [1.165, 1.54) is 0 Å². The van der Waals surface area contributed by atoms with Gasteiger partial charge in [-0.15, -0.1) is 0 Å². The largest absolute Gasteiger partial charge is 0.396 e. The molecule has 0 spiro atoms. The number of hydrogen-bond donors (Lipinski definition) is 1. The summed E-state index contributed by atoms with van der Waals surface area (Å²) >= 11 is 0. The first-order chi connectivity index (χ1) is 6.22. The maximum Gasteiger partial charge on any atom is 0.0868 e. The van der Waals surface area contributed by atoms with Crippen molar-refractivity contribution in [2.45, 2.75) is 39.2 Å². The fourth-order valence-corrected chi connectivity index (χ4v) is 1.21. The highest BCUT2D eigenvalue weighted by atomic mass is 16.2. The Balaban J connectivity index is 3.52. The van der Waals surface area contributed by atoms with Gasteiger partial charge in [0.15, 0.2) is 0 Å². The first-order valence-electron chi connectivity index (χ1n) is 4.94. The van der Waals surface area contributed by atoms with Crippen molar-refractivity contribution in [1.82, 2.24) is 4.90 Å². The quantitative estimate of drug-likeness (QED) is 0.480. The Morgan fingerprint density at radius 1 is 1.31 bits per heavy atom. The average molecular weight is 184 g/mol. The number of nitriles is 1. The molecule has 0 aliphatic carbocycles. The van der Waals surface area contributed by atoms with E-state index in [0.29, 0.717) is 12.6 Å². The van der Waals surface area contributed by atoms with E-state index in [1.54, 1.807) is 0 Å². The molecule has 0 aromatic carbocycles. The van der Waals surface area contributed by atoms with Crippen LogP contribution in [0.15, 0.2) is 0 Å². The van der Waals surface area contributed by atoms with Gasteiger partial charge in [0.05, 0.1) is 12.6 Å². The fraction of sp³-hybridized carbons (Fsp3) is 0.900. The van der Waals surface area contributed by atoms with Gasteiger partial charge in [0.1, 0.15) is 0 Å². The van der Waals surface area contributed by atoms with Gasteiger partial charge in [-0.3, -0.25) is 4.90 Å². The predicted octanol–water partition coefficient (Wildman–Crippen LogP) is 1.38. The Kier molecular flexibility index (Phi) is 7.66. The van der Waals surface area contributed by atoms with E-state index in [2.05, 4.69) is 24.8 Å². The van der Waals surface area contributed by atoms with E-state index in [1.807, 2.05) is 0 Å². The van der Waals surface area contributed by atoms with Crippen LogP contribution in [0.3, 0.4) is 0 Å². The molecule has 0 heterocycles. The van der Waals surface area contributed by atoms with Crippen molar-refractivity contribution < 1.29 is 5.11 Å². The average Bonchev–Trinajstić information content (AvgIpc) is 2.10. The summed E-state index contributed by atoms with van der Waals surface area (Å²) in [6.45, 7) is 5.95. The van der Waals surface area contributed by atoms with Crippen LogP contribution < -0.4 is 0 Å². The molecule has 3 heteroatoms. The standard InChI is InChI=1S/C10H20N2O/c1-10(2)12(8-6-11)7-4-3-5-9-13/h10,13H,3-5,7-9H2,1-2H3. The van der Waals surface area contributed by atoms with Gasteiger partial charge in [0.2, 0.25) is 0 Å². The van der Waals surface area contributed by atoms with E-state index in [-0.39, 0.29) is 6.61 Å². The number of unbranched alkanes of at least 4 members (excludes halogenated alkanes) is 2. The summed E-state index contributed by atoms with van der Waals surface area (Å²) in [6.07, 6.45) is 2.99. The van der Waals surface area contributed by atoms with Crippen LogP contribution in [0.5, 0.6) is 0 Å². The van der Waals surface area contributed by atoms with Gasteiger partial charge in [-0.05, 0) is 39.7 Å². The Labute approximate surface area is 81.0 Å². The molecule has 1 N–H and O–H groups in total. The highest BCUT2D eigenvalue weighted by Gasteiger charge is 2.07. The van der Waals surface area contributed by atoms with E-state index in [9.17, 15) is 0 Å². The van der Waals surface area contributed by atoms with Crippen LogP contribution in [0.2, 0.25) is 0 Å². The summed E-state index contributed by atoms with van der Waals surface area (Å²) in [5, 5.41) is 17.1. The third-order valence-electron chi connectivity index (χ3n) is 2.11. The minimum absolute atomic E-state index is 0.278. The maximum absolute atomic E-state index is 8.58. The summed E-state index contributed by atoms with van der Waals surface area (Å²) in [5.74, 6) is 0. The topological polar surface area (TPSA) is 47.3 Å². The molecule has 3 nitrogen and oxygen atoms in total. The van der Waals surface area contributed by atoms with Crippen LogP contribution in [-0.4, -0.2) is 35.7 Å². The highest BCUT2D eigenvalue weighted by molar-refractivity contribution is 4.78. The van der Waals surface area contributed by atoms with Crippen molar-refractivity contribution in [1.29, 1.82) is 5.26 Å². The Morgan fingerprint density at radius 2 is 2.00 bits per heavy atom. The summed E-state index contributed by atoms with van der Waals surface area (Å²) in [4.78, 5) is 2.15. The monoisotopic (exact) mass is 184 g/mol. The number of hydrogen-bond acceptors (Lipinski definition) is 3. The second kappa shape index (κ2) is 8.03. The molecule has 0 unspecified atom stereocenters. The van der Waals surface area contributed by atoms with Crippen molar-refractivity contribution in [2.24, 2.45) is 0 Å². The molecule has 0 aliphatic heterocycles. The van der Waals surface area contributed by atoms with Crippen LogP contribution in [0.25, 0.3) is 0 Å². The molecule has 0 bridgehead atoms. The second-order valence-corrected chi connectivity index (χ2v) is 3.51. The zero-order valence-corrected chi connectivity index (χ0v) is 8.66. The third kappa shape index (κ3) is 6.56. The van der Waals surface area contributed by atoms with Crippen molar-refractivity contribution >= 4 is 0 Å². The van der Waals surface area contributed by atoms with Crippen LogP contribution in [-0.2, 0) is 0 Å². The van der Waals surface area contributed by atoms with Gasteiger partial charge in [0, 0.05) is 12.6 Å². The SMILES string of the molecule is CC(C)N(CC#N)CCCCCO. The Morgan fingerprint density at radius 3 is 2.46 bits per heavy atom. The molecule has 76 valence electrons. The fourth-order valence-electron chi connectivity index (χ4n) is 1.21. The van der Waals surface area contributed by atoms with Gasteiger partial charge in [-0.25, -0.2) is 0 Å². The Hall–Kier alpha value is -0.590. The first kappa shape index (κ1) is 12.4. The molecule has 0 aliphatic rings. The molecule has 13 heavy (non-hydrogen) atoms. The van der Waals surface area contributed by atoms with Crippen LogP contribution >= 0.6 is 0 Å². The molecule has 0 amide bonds. The number of nitrogens with zero attached hydrogens (tertiary/aromatic N) is 2. The lowest BCUT2D eigenvalue weighted by molar-refractivity contribution is 0.235. The van der Waals surface area contributed by atoms with E-state index in [0.717, 1.165) is 25.8 Å². The van der Waals surface area contributed by atoms with Gasteiger partial charge in [0.25, 0.3) is 0 Å². The van der Waals surface area contributed by atoms with Crippen LogP contribution in [0, 0.1) is 11.3 Å². The first-order valence-corrected chi connectivity index (χ1v) is 4.94. The van der Waals surface area contributed by atoms with Gasteiger partial charge in [-0.1, -0.05) is 0 Å². The van der Waals surface area contributed by atoms with Crippen LogP contribution in [0.1, 0.15) is 33.1 Å². The molecular formula is C10H20N2O. The van der Waals surface area contributed by atoms with E-state index in [4.69, 9.17) is 10.4 Å². The molecule has 0 radical (unpaired) electrons. The Bertz CT molecular complexity index is 151. The van der Waals surface area contributed by atoms with E-state index >= 15 is 0 Å². The molecule has 0 saturated carbocycles. The molecule has 0 fully saturated rings. The molecule has 0 rings (SSSR count).